The van der Waals surface area contributed by atoms with Crippen LogP contribution < -0.4 is 0 Å². The summed E-state index contributed by atoms with van der Waals surface area (Å²) in [6, 6.07) is 5.90. The molecule has 0 N–H and O–H groups in total. The Bertz CT molecular complexity index is 597. The summed E-state index contributed by atoms with van der Waals surface area (Å²) in [6.07, 6.45) is 7.69. The van der Waals surface area contributed by atoms with E-state index in [2.05, 4.69) is 32.7 Å². The van der Waals surface area contributed by atoms with E-state index in [1.54, 1.807) is 6.20 Å². The van der Waals surface area contributed by atoms with Crippen molar-refractivity contribution >= 4 is 28.2 Å². The third-order valence-corrected chi connectivity index (χ3v) is 2.69. The number of pyridine rings is 1. The topological polar surface area (TPSA) is 35.1 Å². The average molecular weight is 310 g/mol. The Morgan fingerprint density at radius 3 is 2.93 bits per heavy atom. The molecule has 0 atom stereocenters. The van der Waals surface area contributed by atoms with E-state index in [-0.39, 0.29) is 0 Å². The molecule has 3 rings (SSSR count). The molecule has 5 heteroatoms. The van der Waals surface area contributed by atoms with Crippen molar-refractivity contribution in [2.45, 2.75) is 0 Å². The maximum absolute atomic E-state index is 4.36. The van der Waals surface area contributed by atoms with Crippen LogP contribution in [0.4, 0.5) is 0 Å². The molecule has 0 amide bonds. The van der Waals surface area contributed by atoms with Crippen LogP contribution in [0.5, 0.6) is 0 Å². The number of imidazole rings is 1. The molecular formula is C10H7IN4. The molecule has 0 spiro atoms. The lowest BCUT2D eigenvalue weighted by Crippen LogP contribution is -1.96. The molecule has 0 aliphatic heterocycles. The first-order valence-electron chi connectivity index (χ1n) is 4.47. The first kappa shape index (κ1) is 8.90. The highest BCUT2D eigenvalue weighted by Gasteiger charge is 2.01. The summed E-state index contributed by atoms with van der Waals surface area (Å²) < 4.78 is 4.82. The van der Waals surface area contributed by atoms with E-state index in [1.807, 2.05) is 45.9 Å². The summed E-state index contributed by atoms with van der Waals surface area (Å²) in [5.41, 5.74) is 1.98. The van der Waals surface area contributed by atoms with Crippen molar-refractivity contribution in [1.82, 2.24) is 19.2 Å². The maximum atomic E-state index is 4.36. The summed E-state index contributed by atoms with van der Waals surface area (Å²) in [5, 5.41) is 4.18. The summed E-state index contributed by atoms with van der Waals surface area (Å²) in [7, 11) is 0. The van der Waals surface area contributed by atoms with Crippen LogP contribution in [-0.2, 0) is 0 Å². The molecule has 0 aromatic carbocycles. The highest BCUT2D eigenvalue weighted by atomic mass is 127. The van der Waals surface area contributed by atoms with Crippen LogP contribution in [0.1, 0.15) is 0 Å². The Morgan fingerprint density at radius 1 is 1.20 bits per heavy atom. The zero-order valence-electron chi connectivity index (χ0n) is 7.71. The number of fused-ring (bicyclic) bond motifs is 1. The summed E-state index contributed by atoms with van der Waals surface area (Å²) >= 11 is 2.20. The molecule has 0 saturated heterocycles. The van der Waals surface area contributed by atoms with Gasteiger partial charge in [-0.2, -0.15) is 5.10 Å². The van der Waals surface area contributed by atoms with E-state index in [0.29, 0.717) is 0 Å². The van der Waals surface area contributed by atoms with E-state index < -0.39 is 0 Å². The molecule has 0 radical (unpaired) electrons. The number of nitrogens with zero attached hydrogens (tertiary/aromatic N) is 4. The molecular weight excluding hydrogens is 303 g/mol. The Balaban J connectivity index is 2.21. The number of hydrogen-bond donors (Lipinski definition) is 0. The average Bonchev–Trinajstić information content (AvgIpc) is 2.82. The van der Waals surface area contributed by atoms with Crippen LogP contribution in [0, 0.1) is 3.70 Å². The predicted octanol–water partition coefficient (Wildman–Crippen LogP) is 2.12. The van der Waals surface area contributed by atoms with Crippen LogP contribution in [0.25, 0.3) is 11.3 Å². The van der Waals surface area contributed by atoms with Crippen LogP contribution in [0.15, 0.2) is 43.0 Å². The van der Waals surface area contributed by atoms with Gasteiger partial charge in [-0.05, 0) is 40.8 Å². The van der Waals surface area contributed by atoms with Crippen molar-refractivity contribution < 1.29 is 0 Å². The molecule has 0 aliphatic rings. The van der Waals surface area contributed by atoms with Crippen LogP contribution in [0.3, 0.4) is 0 Å². The third kappa shape index (κ3) is 1.52. The quantitative estimate of drug-likeness (QED) is 0.645. The van der Waals surface area contributed by atoms with Gasteiger partial charge in [0.1, 0.15) is 9.35 Å². The third-order valence-electron chi connectivity index (χ3n) is 2.17. The largest absolute Gasteiger partial charge is 0.304 e. The van der Waals surface area contributed by atoms with Crippen LogP contribution in [-0.4, -0.2) is 19.2 Å². The molecule has 74 valence electrons. The molecule has 3 aromatic rings. The van der Waals surface area contributed by atoms with Crippen molar-refractivity contribution in [1.29, 1.82) is 0 Å². The SMILES string of the molecule is Ic1cn2cc(-n3cccn3)ccc2n1. The number of halogens is 1. The Labute approximate surface area is 99.7 Å². The number of aromatic nitrogens is 4. The van der Waals surface area contributed by atoms with Gasteiger partial charge in [-0.1, -0.05) is 0 Å². The van der Waals surface area contributed by atoms with Crippen LogP contribution in [0.2, 0.25) is 0 Å². The minimum absolute atomic E-state index is 0.954. The monoisotopic (exact) mass is 310 g/mol. The number of hydrogen-bond acceptors (Lipinski definition) is 2. The van der Waals surface area contributed by atoms with Gasteiger partial charge < -0.3 is 4.40 Å². The lowest BCUT2D eigenvalue weighted by Gasteiger charge is -2.01. The van der Waals surface area contributed by atoms with Gasteiger partial charge in [0.25, 0.3) is 0 Å². The van der Waals surface area contributed by atoms with Crippen molar-refractivity contribution in [2.24, 2.45) is 0 Å². The van der Waals surface area contributed by atoms with Crippen molar-refractivity contribution in [3.8, 4) is 5.69 Å². The molecule has 0 saturated carbocycles. The fourth-order valence-corrected chi connectivity index (χ4v) is 2.05. The predicted molar refractivity (Wildman–Crippen MR) is 65.0 cm³/mol. The van der Waals surface area contributed by atoms with Crippen molar-refractivity contribution in [3.05, 3.63) is 46.7 Å². The highest BCUT2D eigenvalue weighted by Crippen LogP contribution is 2.11. The smallest absolute Gasteiger partial charge is 0.138 e. The van der Waals surface area contributed by atoms with Gasteiger partial charge in [-0.25, -0.2) is 9.67 Å². The van der Waals surface area contributed by atoms with Crippen LogP contribution >= 0.6 is 22.6 Å². The van der Waals surface area contributed by atoms with Gasteiger partial charge >= 0.3 is 0 Å². The lowest BCUT2D eigenvalue weighted by molar-refractivity contribution is 0.870. The minimum atomic E-state index is 0.954. The van der Waals surface area contributed by atoms with Gasteiger partial charge in [0, 0.05) is 24.8 Å². The summed E-state index contributed by atoms with van der Waals surface area (Å²) in [4.78, 5) is 4.36. The van der Waals surface area contributed by atoms with E-state index in [4.69, 9.17) is 0 Å². The Kier molecular flexibility index (Phi) is 1.98. The first-order chi connectivity index (χ1) is 7.33. The maximum Gasteiger partial charge on any atom is 0.138 e. The first-order valence-corrected chi connectivity index (χ1v) is 5.55. The molecule has 3 heterocycles. The van der Waals surface area contributed by atoms with Crippen molar-refractivity contribution in [3.63, 3.8) is 0 Å². The second-order valence-electron chi connectivity index (χ2n) is 3.17. The Hall–Kier alpha value is -1.37. The fraction of sp³-hybridized carbons (Fsp3) is 0. The van der Waals surface area contributed by atoms with E-state index in [9.17, 15) is 0 Å². The van der Waals surface area contributed by atoms with Crippen molar-refractivity contribution in [2.75, 3.05) is 0 Å². The zero-order chi connectivity index (χ0) is 10.3. The molecule has 0 bridgehead atoms. The van der Waals surface area contributed by atoms with Gasteiger partial charge in [-0.15, -0.1) is 0 Å². The number of rotatable bonds is 1. The van der Waals surface area contributed by atoms with Gasteiger partial charge in [-0.3, -0.25) is 0 Å². The minimum Gasteiger partial charge on any atom is -0.304 e. The normalized spacial score (nSPS) is 11.0. The van der Waals surface area contributed by atoms with Gasteiger partial charge in [0.05, 0.1) is 5.69 Å². The highest BCUT2D eigenvalue weighted by molar-refractivity contribution is 14.1. The zero-order valence-corrected chi connectivity index (χ0v) is 9.87. The van der Waals surface area contributed by atoms with E-state index in [0.717, 1.165) is 15.0 Å². The lowest BCUT2D eigenvalue weighted by atomic mass is 10.4. The van der Waals surface area contributed by atoms with Gasteiger partial charge in [0.15, 0.2) is 0 Å². The Morgan fingerprint density at radius 2 is 2.13 bits per heavy atom. The fourth-order valence-electron chi connectivity index (χ4n) is 1.51. The molecule has 0 unspecified atom stereocenters. The van der Waals surface area contributed by atoms with Gasteiger partial charge in [0.2, 0.25) is 0 Å². The molecule has 3 aromatic heterocycles. The molecule has 4 nitrogen and oxygen atoms in total. The molecule has 15 heavy (non-hydrogen) atoms. The van der Waals surface area contributed by atoms with E-state index >= 15 is 0 Å². The standard InChI is InChI=1S/C10H7IN4/c11-9-7-14-6-8(2-3-10(14)13-9)15-5-1-4-12-15/h1-7H. The summed E-state index contributed by atoms with van der Waals surface area (Å²) in [5.74, 6) is 0. The van der Waals surface area contributed by atoms with E-state index in [1.165, 1.54) is 0 Å². The summed E-state index contributed by atoms with van der Waals surface area (Å²) in [6.45, 7) is 0. The second kappa shape index (κ2) is 3.34. The molecule has 0 fully saturated rings. The second-order valence-corrected chi connectivity index (χ2v) is 4.27. The molecule has 0 aliphatic carbocycles.